The summed E-state index contributed by atoms with van der Waals surface area (Å²) < 4.78 is 34.2. The van der Waals surface area contributed by atoms with Gasteiger partial charge in [0, 0.05) is 6.42 Å². The van der Waals surface area contributed by atoms with Crippen LogP contribution in [-0.4, -0.2) is 193 Å². The molecule has 0 saturated carbocycles. The van der Waals surface area contributed by atoms with Crippen LogP contribution in [0.25, 0.3) is 0 Å². The highest BCUT2D eigenvalue weighted by Crippen LogP contribution is 2.33. The number of hydrogen-bond acceptors (Lipinski definition) is 18. The van der Waals surface area contributed by atoms with E-state index in [0.717, 1.165) is 51.4 Å². The molecule has 1 amide bonds. The van der Waals surface area contributed by atoms with Crippen molar-refractivity contribution >= 4 is 5.91 Å². The summed E-state index contributed by atoms with van der Waals surface area (Å²) in [4.78, 5) is 13.3. The van der Waals surface area contributed by atoms with Crippen molar-refractivity contribution in [3.63, 3.8) is 0 Å². The third kappa shape index (κ3) is 29.6. The van der Waals surface area contributed by atoms with Gasteiger partial charge in [-0.15, -0.1) is 0 Å². The summed E-state index contributed by atoms with van der Waals surface area (Å²) in [7, 11) is 0. The molecule has 84 heavy (non-hydrogen) atoms. The average Bonchev–Trinajstić information content (AvgIpc) is 2.79. The molecule has 0 aromatic rings. The van der Waals surface area contributed by atoms with Gasteiger partial charge in [0.25, 0.3) is 0 Å². The van der Waals surface area contributed by atoms with Crippen molar-refractivity contribution in [2.24, 2.45) is 0 Å². The maximum atomic E-state index is 13.3. The van der Waals surface area contributed by atoms with E-state index in [9.17, 15) is 61.0 Å². The molecule has 0 radical (unpaired) electrons. The normalized spacial score (nSPS) is 29.8. The number of carbonyl (C=O) groups excluding carboxylic acids is 1. The predicted molar refractivity (Wildman–Crippen MR) is 323 cm³/mol. The first-order valence-corrected chi connectivity index (χ1v) is 31.5. The van der Waals surface area contributed by atoms with E-state index in [1.165, 1.54) is 83.5 Å². The van der Waals surface area contributed by atoms with E-state index in [0.29, 0.717) is 19.3 Å². The van der Waals surface area contributed by atoms with Crippen molar-refractivity contribution in [3.05, 3.63) is 97.2 Å². The quantitative estimate of drug-likeness (QED) is 0.0228. The fourth-order valence-electron chi connectivity index (χ4n) is 9.99. The Bertz CT molecular complexity index is 1910. The zero-order valence-electron chi connectivity index (χ0n) is 50.3. The molecule has 19 nitrogen and oxygen atoms in total. The van der Waals surface area contributed by atoms with Crippen LogP contribution < -0.4 is 5.32 Å². The molecule has 3 aliphatic rings. The fourth-order valence-corrected chi connectivity index (χ4v) is 9.99. The third-order valence-corrected chi connectivity index (χ3v) is 15.1. The van der Waals surface area contributed by atoms with Gasteiger partial charge in [0.1, 0.15) is 73.2 Å². The molecule has 12 N–H and O–H groups in total. The summed E-state index contributed by atoms with van der Waals surface area (Å²) in [6.45, 7) is 1.52. The van der Waals surface area contributed by atoms with E-state index in [2.05, 4.69) is 92.1 Å². The second kappa shape index (κ2) is 46.8. The number of amides is 1. The number of rotatable bonds is 45. The maximum Gasteiger partial charge on any atom is 0.220 e. The van der Waals surface area contributed by atoms with Gasteiger partial charge in [0.2, 0.25) is 5.91 Å². The number of unbranched alkanes of at least 4 members (excludes halogenated alkanes) is 15. The molecule has 19 heteroatoms. The first kappa shape index (κ1) is 75.0. The van der Waals surface area contributed by atoms with Gasteiger partial charge in [-0.25, -0.2) is 0 Å². The second-order valence-electron chi connectivity index (χ2n) is 22.1. The summed E-state index contributed by atoms with van der Waals surface area (Å²) >= 11 is 0. The van der Waals surface area contributed by atoms with E-state index in [-0.39, 0.29) is 12.3 Å². The smallest absolute Gasteiger partial charge is 0.220 e. The summed E-state index contributed by atoms with van der Waals surface area (Å²) in [5.74, 6) is -0.371. The number of aliphatic hydroxyl groups excluding tert-OH is 11. The van der Waals surface area contributed by atoms with Gasteiger partial charge in [0.05, 0.1) is 38.6 Å². The zero-order chi connectivity index (χ0) is 61.2. The number of ether oxygens (including phenoxy) is 6. The first-order chi connectivity index (χ1) is 40.8. The van der Waals surface area contributed by atoms with Crippen molar-refractivity contribution < 1.29 is 89.4 Å². The molecular weight excluding hydrogens is 1080 g/mol. The Balaban J connectivity index is 1.53. The van der Waals surface area contributed by atoms with Crippen LogP contribution in [0.3, 0.4) is 0 Å². The molecule has 3 saturated heterocycles. The minimum absolute atomic E-state index is 0.105. The van der Waals surface area contributed by atoms with Crippen molar-refractivity contribution in [1.29, 1.82) is 0 Å². The van der Waals surface area contributed by atoms with Gasteiger partial charge < -0.3 is 89.9 Å². The van der Waals surface area contributed by atoms with Gasteiger partial charge in [-0.05, 0) is 70.6 Å². The van der Waals surface area contributed by atoms with Crippen LogP contribution in [0, 0.1) is 0 Å². The van der Waals surface area contributed by atoms with Gasteiger partial charge in [0.15, 0.2) is 18.9 Å². The summed E-state index contributed by atoms with van der Waals surface area (Å²) in [6, 6.07) is -1.04. The number of allylic oxidation sites excluding steroid dienone is 15. The second-order valence-corrected chi connectivity index (χ2v) is 22.1. The average molecular weight is 1190 g/mol. The monoisotopic (exact) mass is 1190 g/mol. The lowest BCUT2D eigenvalue weighted by Gasteiger charge is -2.48. The Labute approximate surface area is 501 Å². The molecule has 482 valence electrons. The molecule has 0 aliphatic carbocycles. The minimum atomic E-state index is -1.99. The zero-order valence-corrected chi connectivity index (χ0v) is 50.3. The number of aliphatic hydroxyl groups is 11. The minimum Gasteiger partial charge on any atom is -0.394 e. The van der Waals surface area contributed by atoms with Crippen LogP contribution in [0.4, 0.5) is 0 Å². The highest BCUT2D eigenvalue weighted by atomic mass is 16.8. The van der Waals surface area contributed by atoms with E-state index >= 15 is 0 Å². The van der Waals surface area contributed by atoms with Crippen LogP contribution in [-0.2, 0) is 33.2 Å². The largest absolute Gasteiger partial charge is 0.394 e. The molecule has 0 aromatic heterocycles. The Morgan fingerprint density at radius 3 is 1.32 bits per heavy atom. The van der Waals surface area contributed by atoms with Crippen LogP contribution >= 0.6 is 0 Å². The standard InChI is InChI=1S/C65H109NO18/c1-3-5-7-9-11-13-15-17-19-21-23-25-26-28-30-32-34-36-38-40-42-49(70)48(66-53(71)43-41-39-37-35-33-31-29-27-24-22-20-18-16-14-12-10-8-6-4-2)47-79-63-59(77)56(74)61(51(45-68)81-63)84-65-60(78)57(75)62(52(46-69)82-65)83-64-58(76)55(73)54(72)50(44-67)80-64/h6,8,12,14,18,20,24,27,31-34,37,39-40,42,48-52,54-65,67-70,72-78H,3-5,7,9-11,13,15-17,19,21-23,25-26,28-30,35-36,38,41,43-47H2,1-2H3,(H,66,71)/b8-6-,14-12-,20-18-,27-24-,33-31-,34-32+,39-37-,42-40+. The number of hydrogen-bond donors (Lipinski definition) is 12. The highest BCUT2D eigenvalue weighted by molar-refractivity contribution is 5.76. The first-order valence-electron chi connectivity index (χ1n) is 31.5. The lowest BCUT2D eigenvalue weighted by molar-refractivity contribution is -0.379. The van der Waals surface area contributed by atoms with Crippen LogP contribution in [0.1, 0.15) is 174 Å². The Hall–Kier alpha value is -3.29. The van der Waals surface area contributed by atoms with Gasteiger partial charge >= 0.3 is 0 Å². The maximum absolute atomic E-state index is 13.3. The fraction of sp³-hybridized carbons (Fsp3) is 0.738. The molecule has 3 heterocycles. The highest BCUT2D eigenvalue weighted by Gasteiger charge is 2.53. The molecular formula is C65H109NO18. The summed E-state index contributed by atoms with van der Waals surface area (Å²) in [5.41, 5.74) is 0. The van der Waals surface area contributed by atoms with Crippen molar-refractivity contribution in [1.82, 2.24) is 5.32 Å². The van der Waals surface area contributed by atoms with E-state index < -0.39 is 131 Å². The van der Waals surface area contributed by atoms with Gasteiger partial charge in [-0.1, -0.05) is 195 Å². The van der Waals surface area contributed by atoms with E-state index in [4.69, 9.17) is 28.4 Å². The van der Waals surface area contributed by atoms with Crippen molar-refractivity contribution in [2.45, 2.75) is 279 Å². The number of carbonyl (C=O) groups is 1. The molecule has 0 spiro atoms. The molecule has 3 fully saturated rings. The molecule has 3 rings (SSSR count). The molecule has 3 aliphatic heterocycles. The lowest BCUT2D eigenvalue weighted by atomic mass is 9.96. The third-order valence-electron chi connectivity index (χ3n) is 15.1. The van der Waals surface area contributed by atoms with E-state index in [1.807, 2.05) is 18.2 Å². The Morgan fingerprint density at radius 1 is 0.440 bits per heavy atom. The predicted octanol–water partition coefficient (Wildman–Crippen LogP) is 6.54. The van der Waals surface area contributed by atoms with Gasteiger partial charge in [-0.2, -0.15) is 0 Å². The van der Waals surface area contributed by atoms with Crippen molar-refractivity contribution in [2.75, 3.05) is 26.4 Å². The Kier molecular flexibility index (Phi) is 41.8. The van der Waals surface area contributed by atoms with Gasteiger partial charge in [-0.3, -0.25) is 4.79 Å². The molecule has 0 aromatic carbocycles. The van der Waals surface area contributed by atoms with E-state index in [1.54, 1.807) is 6.08 Å². The van der Waals surface area contributed by atoms with Crippen LogP contribution in [0.2, 0.25) is 0 Å². The molecule has 17 unspecified atom stereocenters. The lowest BCUT2D eigenvalue weighted by Crippen LogP contribution is -2.66. The molecule has 17 atom stereocenters. The topological polar surface area (TPSA) is 307 Å². The summed E-state index contributed by atoms with van der Waals surface area (Å²) in [6.07, 6.45) is 32.6. The number of nitrogens with one attached hydrogen (secondary N) is 1. The van der Waals surface area contributed by atoms with Crippen LogP contribution in [0.5, 0.6) is 0 Å². The SMILES string of the molecule is CC/C=C\C/C=C\C/C=C\C/C=C\C/C=C\C/C=C\CCC(=O)NC(COC1OC(CO)C(OC2OC(CO)C(OC3OC(CO)C(O)C(O)C3O)C(O)C2O)C(O)C1O)C(O)/C=C/CC/C=C/CCCCCCCCCCCCCCCC. The summed E-state index contributed by atoms with van der Waals surface area (Å²) in [5, 5.41) is 120. The Morgan fingerprint density at radius 2 is 0.833 bits per heavy atom. The van der Waals surface area contributed by atoms with Crippen LogP contribution in [0.15, 0.2) is 97.2 Å². The van der Waals surface area contributed by atoms with Crippen molar-refractivity contribution in [3.8, 4) is 0 Å². The molecule has 0 bridgehead atoms.